The summed E-state index contributed by atoms with van der Waals surface area (Å²) >= 11 is 0. The average molecular weight is 276 g/mol. The Hall–Kier alpha value is -1.75. The predicted octanol–water partition coefficient (Wildman–Crippen LogP) is 1.59. The van der Waals surface area contributed by atoms with Gasteiger partial charge >= 0.3 is 0 Å². The van der Waals surface area contributed by atoms with Crippen molar-refractivity contribution in [1.29, 1.82) is 0 Å². The molecule has 0 saturated carbocycles. The first-order valence-electron chi connectivity index (χ1n) is 6.97. The number of hydrogen-bond donors (Lipinski definition) is 3. The normalized spacial score (nSPS) is 14.2. The van der Waals surface area contributed by atoms with Gasteiger partial charge in [0.05, 0.1) is 11.4 Å². The van der Waals surface area contributed by atoms with E-state index in [1.54, 1.807) is 0 Å². The van der Waals surface area contributed by atoms with Gasteiger partial charge in [-0.25, -0.2) is 0 Å². The molecule has 0 bridgehead atoms. The number of amides is 1. The Kier molecular flexibility index (Phi) is 4.18. The largest absolute Gasteiger partial charge is 0.382 e. The molecule has 0 radical (unpaired) electrons. The molecule has 0 unspecified atom stereocenters. The number of benzene rings is 1. The van der Waals surface area contributed by atoms with Crippen LogP contribution in [0.4, 0.5) is 11.4 Å². The van der Waals surface area contributed by atoms with Gasteiger partial charge in [-0.15, -0.1) is 0 Å². The standard InChI is InChI=1S/C15H24N4O/c1-15(2,19(3)4)10-18-14(20)11-5-6-12-13(9-11)17-8-7-16-12/h5-6,9,16-17H,7-8,10H2,1-4H3,(H,18,20). The van der Waals surface area contributed by atoms with Crippen LogP contribution in [0.3, 0.4) is 0 Å². The van der Waals surface area contributed by atoms with Crippen LogP contribution < -0.4 is 16.0 Å². The van der Waals surface area contributed by atoms with Gasteiger partial charge in [0.15, 0.2) is 0 Å². The van der Waals surface area contributed by atoms with E-state index in [1.165, 1.54) is 0 Å². The fraction of sp³-hybridized carbons (Fsp3) is 0.533. The Morgan fingerprint density at radius 3 is 2.55 bits per heavy atom. The van der Waals surface area contributed by atoms with Crippen molar-refractivity contribution >= 4 is 17.3 Å². The fourth-order valence-corrected chi connectivity index (χ4v) is 1.94. The maximum absolute atomic E-state index is 12.2. The van der Waals surface area contributed by atoms with E-state index in [0.29, 0.717) is 12.1 Å². The molecule has 0 aliphatic carbocycles. The zero-order valence-electron chi connectivity index (χ0n) is 12.7. The highest BCUT2D eigenvalue weighted by Gasteiger charge is 2.21. The number of fused-ring (bicyclic) bond motifs is 1. The number of anilines is 2. The minimum Gasteiger partial charge on any atom is -0.382 e. The molecule has 1 aromatic rings. The first-order chi connectivity index (χ1) is 9.40. The van der Waals surface area contributed by atoms with E-state index in [-0.39, 0.29) is 11.4 Å². The molecule has 3 N–H and O–H groups in total. The van der Waals surface area contributed by atoms with Crippen molar-refractivity contribution in [3.8, 4) is 0 Å². The lowest BCUT2D eigenvalue weighted by atomic mass is 10.0. The van der Waals surface area contributed by atoms with Gasteiger partial charge in [0, 0.05) is 30.7 Å². The number of likely N-dealkylation sites (N-methyl/N-ethyl adjacent to an activating group) is 1. The number of carbonyl (C=O) groups is 1. The van der Waals surface area contributed by atoms with E-state index in [1.807, 2.05) is 32.3 Å². The molecule has 1 aromatic carbocycles. The Bertz CT molecular complexity index is 497. The molecular formula is C15H24N4O. The lowest BCUT2D eigenvalue weighted by molar-refractivity contribution is 0.0920. The summed E-state index contributed by atoms with van der Waals surface area (Å²) < 4.78 is 0. The van der Waals surface area contributed by atoms with Gasteiger partial charge in [0.25, 0.3) is 5.91 Å². The molecule has 0 aromatic heterocycles. The van der Waals surface area contributed by atoms with Crippen molar-refractivity contribution in [2.75, 3.05) is 44.4 Å². The Labute approximate surface area is 120 Å². The lowest BCUT2D eigenvalue weighted by Gasteiger charge is -2.32. The van der Waals surface area contributed by atoms with Gasteiger partial charge in [0.2, 0.25) is 0 Å². The third-order valence-corrected chi connectivity index (χ3v) is 3.93. The zero-order chi connectivity index (χ0) is 14.8. The summed E-state index contributed by atoms with van der Waals surface area (Å²) in [7, 11) is 4.03. The molecule has 110 valence electrons. The van der Waals surface area contributed by atoms with Crippen LogP contribution in [0.1, 0.15) is 24.2 Å². The molecule has 2 rings (SSSR count). The van der Waals surface area contributed by atoms with E-state index in [9.17, 15) is 4.79 Å². The van der Waals surface area contributed by atoms with Crippen LogP contribution in [0.5, 0.6) is 0 Å². The Balaban J connectivity index is 2.03. The van der Waals surface area contributed by atoms with Crippen molar-refractivity contribution in [3.05, 3.63) is 23.8 Å². The molecule has 1 amide bonds. The minimum absolute atomic E-state index is 0.0323. The van der Waals surface area contributed by atoms with E-state index in [4.69, 9.17) is 0 Å². The van der Waals surface area contributed by atoms with Gasteiger partial charge in [-0.2, -0.15) is 0 Å². The molecule has 1 heterocycles. The third-order valence-electron chi connectivity index (χ3n) is 3.93. The highest BCUT2D eigenvalue weighted by molar-refractivity contribution is 5.96. The van der Waals surface area contributed by atoms with E-state index >= 15 is 0 Å². The number of nitrogens with zero attached hydrogens (tertiary/aromatic N) is 1. The Morgan fingerprint density at radius 1 is 1.25 bits per heavy atom. The van der Waals surface area contributed by atoms with Crippen molar-refractivity contribution in [1.82, 2.24) is 10.2 Å². The van der Waals surface area contributed by atoms with Crippen LogP contribution >= 0.6 is 0 Å². The van der Waals surface area contributed by atoms with Crippen LogP contribution in [-0.4, -0.2) is 50.1 Å². The molecule has 0 fully saturated rings. The van der Waals surface area contributed by atoms with Crippen molar-refractivity contribution in [3.63, 3.8) is 0 Å². The summed E-state index contributed by atoms with van der Waals surface area (Å²) in [6, 6.07) is 5.71. The molecule has 20 heavy (non-hydrogen) atoms. The molecule has 1 aliphatic heterocycles. The summed E-state index contributed by atoms with van der Waals surface area (Å²) in [6.07, 6.45) is 0. The molecular weight excluding hydrogens is 252 g/mol. The van der Waals surface area contributed by atoms with Gasteiger partial charge < -0.3 is 20.9 Å². The first-order valence-corrected chi connectivity index (χ1v) is 6.97. The fourth-order valence-electron chi connectivity index (χ4n) is 1.94. The second-order valence-corrected chi connectivity index (χ2v) is 6.00. The number of hydrogen-bond acceptors (Lipinski definition) is 4. The number of nitrogens with one attached hydrogen (secondary N) is 3. The summed E-state index contributed by atoms with van der Waals surface area (Å²) in [5.74, 6) is -0.0323. The first kappa shape index (κ1) is 14.7. The molecule has 0 spiro atoms. The average Bonchev–Trinajstić information content (AvgIpc) is 2.44. The summed E-state index contributed by atoms with van der Waals surface area (Å²) in [4.78, 5) is 14.3. The molecule has 5 nitrogen and oxygen atoms in total. The van der Waals surface area contributed by atoms with Crippen molar-refractivity contribution < 1.29 is 4.79 Å². The number of rotatable bonds is 4. The lowest BCUT2D eigenvalue weighted by Crippen LogP contribution is -2.48. The van der Waals surface area contributed by atoms with Crippen LogP contribution in [-0.2, 0) is 0 Å². The maximum Gasteiger partial charge on any atom is 0.251 e. The smallest absolute Gasteiger partial charge is 0.251 e. The predicted molar refractivity (Wildman–Crippen MR) is 83.5 cm³/mol. The maximum atomic E-state index is 12.2. The van der Waals surface area contributed by atoms with Crippen LogP contribution in [0.25, 0.3) is 0 Å². The van der Waals surface area contributed by atoms with E-state index in [2.05, 4.69) is 34.7 Å². The molecule has 1 aliphatic rings. The Morgan fingerprint density at radius 2 is 1.90 bits per heavy atom. The molecule has 0 atom stereocenters. The van der Waals surface area contributed by atoms with E-state index < -0.39 is 0 Å². The molecule has 0 saturated heterocycles. The minimum atomic E-state index is -0.0658. The number of carbonyl (C=O) groups excluding carboxylic acids is 1. The SMILES string of the molecule is CN(C)C(C)(C)CNC(=O)c1ccc2c(c1)NCCN2. The van der Waals surface area contributed by atoms with Crippen molar-refractivity contribution in [2.45, 2.75) is 19.4 Å². The van der Waals surface area contributed by atoms with Gasteiger partial charge in [-0.05, 0) is 46.1 Å². The summed E-state index contributed by atoms with van der Waals surface area (Å²) in [6.45, 7) is 6.61. The van der Waals surface area contributed by atoms with Gasteiger partial charge in [-0.3, -0.25) is 4.79 Å². The van der Waals surface area contributed by atoms with Crippen molar-refractivity contribution in [2.24, 2.45) is 0 Å². The third kappa shape index (κ3) is 3.22. The quantitative estimate of drug-likeness (QED) is 0.782. The monoisotopic (exact) mass is 276 g/mol. The highest BCUT2D eigenvalue weighted by atomic mass is 16.1. The summed E-state index contributed by atoms with van der Waals surface area (Å²) in [5, 5.41) is 9.60. The molecule has 5 heteroatoms. The second kappa shape index (κ2) is 5.71. The second-order valence-electron chi connectivity index (χ2n) is 6.00. The van der Waals surface area contributed by atoms with E-state index in [0.717, 1.165) is 24.5 Å². The topological polar surface area (TPSA) is 56.4 Å². The van der Waals surface area contributed by atoms with Gasteiger partial charge in [0.1, 0.15) is 0 Å². The zero-order valence-corrected chi connectivity index (χ0v) is 12.7. The van der Waals surface area contributed by atoms with Crippen LogP contribution in [0, 0.1) is 0 Å². The van der Waals surface area contributed by atoms with Crippen LogP contribution in [0.2, 0.25) is 0 Å². The highest BCUT2D eigenvalue weighted by Crippen LogP contribution is 2.25. The van der Waals surface area contributed by atoms with Crippen LogP contribution in [0.15, 0.2) is 18.2 Å². The summed E-state index contributed by atoms with van der Waals surface area (Å²) in [5.41, 5.74) is 2.68. The van der Waals surface area contributed by atoms with Gasteiger partial charge in [-0.1, -0.05) is 0 Å².